The molecule has 51 heavy (non-hydrogen) atoms. The SMILES string of the molecule is COc1cc(C2NC(=O)c3ccccc3N2)ccc1OCCCOc1c(OC)cc(C2=CC(c3cc(OC)c(OC)c(OC)c3)ON2)cc1OC. The number of nitrogens with one attached hydrogen (secondary N) is 3. The molecule has 0 fully saturated rings. The average Bonchev–Trinajstić information content (AvgIpc) is 3.67. The molecule has 0 spiro atoms. The second kappa shape index (κ2) is 15.7. The van der Waals surface area contributed by atoms with Crippen molar-refractivity contribution in [3.63, 3.8) is 0 Å². The first-order valence-corrected chi connectivity index (χ1v) is 16.2. The van der Waals surface area contributed by atoms with E-state index in [1.165, 1.54) is 0 Å². The van der Waals surface area contributed by atoms with Gasteiger partial charge in [-0.1, -0.05) is 18.2 Å². The molecule has 2 aliphatic rings. The van der Waals surface area contributed by atoms with Crippen LogP contribution < -0.4 is 54.0 Å². The molecule has 3 N–H and O–H groups in total. The van der Waals surface area contributed by atoms with E-state index >= 15 is 0 Å². The van der Waals surface area contributed by atoms with E-state index in [1.807, 2.05) is 66.7 Å². The number of methoxy groups -OCH3 is 6. The number of hydrogen-bond donors (Lipinski definition) is 3. The number of benzene rings is 4. The maximum Gasteiger partial charge on any atom is 0.255 e. The van der Waals surface area contributed by atoms with Crippen molar-refractivity contribution in [3.05, 3.63) is 95.1 Å². The molecule has 0 radical (unpaired) electrons. The van der Waals surface area contributed by atoms with Gasteiger partial charge in [0.1, 0.15) is 12.3 Å². The van der Waals surface area contributed by atoms with Gasteiger partial charge in [0, 0.05) is 17.7 Å². The summed E-state index contributed by atoms with van der Waals surface area (Å²) < 4.78 is 45.7. The summed E-state index contributed by atoms with van der Waals surface area (Å²) in [7, 11) is 9.42. The molecule has 0 saturated carbocycles. The van der Waals surface area contributed by atoms with Gasteiger partial charge in [0.2, 0.25) is 11.5 Å². The van der Waals surface area contributed by atoms with Gasteiger partial charge in [-0.3, -0.25) is 15.1 Å². The molecule has 268 valence electrons. The van der Waals surface area contributed by atoms with E-state index in [9.17, 15) is 4.79 Å². The quantitative estimate of drug-likeness (QED) is 0.125. The molecule has 13 heteroatoms. The Balaban J connectivity index is 1.08. The van der Waals surface area contributed by atoms with Crippen LogP contribution in [0.1, 0.15) is 45.7 Å². The van der Waals surface area contributed by atoms with Gasteiger partial charge in [-0.05, 0) is 65.7 Å². The highest BCUT2D eigenvalue weighted by Crippen LogP contribution is 2.44. The zero-order valence-electron chi connectivity index (χ0n) is 29.3. The summed E-state index contributed by atoms with van der Waals surface area (Å²) in [5, 5.41) is 6.34. The summed E-state index contributed by atoms with van der Waals surface area (Å²) in [6, 6.07) is 20.3. The number of carbonyl (C=O) groups is 1. The van der Waals surface area contributed by atoms with Crippen LogP contribution in [0.3, 0.4) is 0 Å². The summed E-state index contributed by atoms with van der Waals surface area (Å²) in [4.78, 5) is 18.5. The lowest BCUT2D eigenvalue weighted by Gasteiger charge is -2.28. The number of carbonyl (C=O) groups excluding carboxylic acids is 1. The van der Waals surface area contributed by atoms with Crippen LogP contribution in [-0.4, -0.2) is 61.8 Å². The van der Waals surface area contributed by atoms with Crippen molar-refractivity contribution >= 4 is 17.3 Å². The molecule has 4 aromatic carbocycles. The number of amides is 1. The van der Waals surface area contributed by atoms with Crippen LogP contribution in [0.5, 0.6) is 46.0 Å². The fourth-order valence-corrected chi connectivity index (χ4v) is 5.88. The standard InChI is InChI=1S/C38H41N3O10/c1-43-30-16-22(37-39-26-11-8-7-10-25(26)38(42)40-37)12-13-28(30)49-14-9-15-50-36-33(46-4)17-23(18-34(36)47-5)27-21-29(51-41-27)24-19-31(44-2)35(48-6)32(20-24)45-3/h7-8,10-13,16-21,29,37,39,41H,9,14-15H2,1-6H3,(H,40,42). The van der Waals surface area contributed by atoms with Crippen LogP contribution in [-0.2, 0) is 4.84 Å². The van der Waals surface area contributed by atoms with Crippen molar-refractivity contribution in [2.75, 3.05) is 61.2 Å². The van der Waals surface area contributed by atoms with E-state index in [0.717, 1.165) is 28.1 Å². The van der Waals surface area contributed by atoms with Crippen LogP contribution in [0.15, 0.2) is 72.8 Å². The third kappa shape index (κ3) is 7.33. The molecule has 0 aliphatic carbocycles. The van der Waals surface area contributed by atoms with Gasteiger partial charge in [0.05, 0.1) is 67.1 Å². The van der Waals surface area contributed by atoms with Gasteiger partial charge >= 0.3 is 0 Å². The normalized spacial score (nSPS) is 16.0. The highest BCUT2D eigenvalue weighted by molar-refractivity contribution is 6.01. The van der Waals surface area contributed by atoms with Crippen LogP contribution in [0, 0.1) is 0 Å². The topological polar surface area (TPSA) is 136 Å². The van der Waals surface area contributed by atoms with Crippen molar-refractivity contribution in [2.24, 2.45) is 0 Å². The maximum absolute atomic E-state index is 12.6. The third-order valence-electron chi connectivity index (χ3n) is 8.46. The lowest BCUT2D eigenvalue weighted by Crippen LogP contribution is -2.38. The summed E-state index contributed by atoms with van der Waals surface area (Å²) in [6.45, 7) is 0.692. The highest BCUT2D eigenvalue weighted by atomic mass is 16.7. The predicted octanol–water partition coefficient (Wildman–Crippen LogP) is 6.06. The first kappa shape index (κ1) is 34.9. The second-order valence-electron chi connectivity index (χ2n) is 11.4. The Morgan fingerprint density at radius 2 is 1.25 bits per heavy atom. The first-order valence-electron chi connectivity index (χ1n) is 16.2. The Hall–Kier alpha value is -5.95. The molecular formula is C38H41N3O10. The fraction of sp³-hybridized carbons (Fsp3) is 0.289. The number of anilines is 1. The summed E-state index contributed by atoms with van der Waals surface area (Å²) in [6.07, 6.45) is 1.66. The van der Waals surface area contributed by atoms with Crippen molar-refractivity contribution in [1.82, 2.24) is 10.8 Å². The Labute approximate surface area is 296 Å². The predicted molar refractivity (Wildman–Crippen MR) is 189 cm³/mol. The molecule has 2 heterocycles. The van der Waals surface area contributed by atoms with Gasteiger partial charge in [0.15, 0.2) is 34.5 Å². The lowest BCUT2D eigenvalue weighted by molar-refractivity contribution is 0.0508. The summed E-state index contributed by atoms with van der Waals surface area (Å²) in [5.41, 5.74) is 7.52. The van der Waals surface area contributed by atoms with Crippen LogP contribution in [0.25, 0.3) is 5.70 Å². The Kier molecular flexibility index (Phi) is 10.8. The second-order valence-corrected chi connectivity index (χ2v) is 11.4. The highest BCUT2D eigenvalue weighted by Gasteiger charge is 2.27. The van der Waals surface area contributed by atoms with E-state index < -0.39 is 12.3 Å². The van der Waals surface area contributed by atoms with E-state index in [2.05, 4.69) is 16.1 Å². The van der Waals surface area contributed by atoms with Crippen LogP contribution in [0.2, 0.25) is 0 Å². The molecule has 0 saturated heterocycles. The number of fused-ring (bicyclic) bond motifs is 1. The molecule has 13 nitrogen and oxygen atoms in total. The van der Waals surface area contributed by atoms with E-state index in [0.29, 0.717) is 71.2 Å². The minimum absolute atomic E-state index is 0.140. The van der Waals surface area contributed by atoms with Gasteiger partial charge in [0.25, 0.3) is 5.91 Å². The monoisotopic (exact) mass is 699 g/mol. The molecule has 4 aromatic rings. The number of ether oxygens (including phenoxy) is 8. The zero-order chi connectivity index (χ0) is 35.9. The molecular weight excluding hydrogens is 658 g/mol. The summed E-state index contributed by atoms with van der Waals surface area (Å²) >= 11 is 0. The van der Waals surface area contributed by atoms with Crippen molar-refractivity contribution in [2.45, 2.75) is 18.7 Å². The van der Waals surface area contributed by atoms with Crippen LogP contribution in [0.4, 0.5) is 5.69 Å². The van der Waals surface area contributed by atoms with Crippen molar-refractivity contribution < 1.29 is 47.5 Å². The van der Waals surface area contributed by atoms with Gasteiger partial charge in [-0.15, -0.1) is 0 Å². The van der Waals surface area contributed by atoms with Crippen LogP contribution >= 0.6 is 0 Å². The average molecular weight is 700 g/mol. The fourth-order valence-electron chi connectivity index (χ4n) is 5.88. The molecule has 0 bridgehead atoms. The maximum atomic E-state index is 12.6. The smallest absolute Gasteiger partial charge is 0.255 e. The Morgan fingerprint density at radius 3 is 1.92 bits per heavy atom. The molecule has 2 atom stereocenters. The van der Waals surface area contributed by atoms with E-state index in [4.69, 9.17) is 42.7 Å². The number of para-hydroxylation sites is 1. The minimum Gasteiger partial charge on any atom is -0.493 e. The summed E-state index contributed by atoms with van der Waals surface area (Å²) in [5.74, 6) is 4.00. The third-order valence-corrected chi connectivity index (χ3v) is 8.46. The number of hydroxylamine groups is 1. The minimum atomic E-state index is -0.432. The molecule has 0 aromatic heterocycles. The largest absolute Gasteiger partial charge is 0.493 e. The zero-order valence-corrected chi connectivity index (χ0v) is 29.3. The van der Waals surface area contributed by atoms with E-state index in [1.54, 1.807) is 48.7 Å². The van der Waals surface area contributed by atoms with Crippen molar-refractivity contribution in [1.29, 1.82) is 0 Å². The van der Waals surface area contributed by atoms with Crippen molar-refractivity contribution in [3.8, 4) is 46.0 Å². The molecule has 2 unspecified atom stereocenters. The lowest BCUT2D eigenvalue weighted by atomic mass is 10.0. The molecule has 1 amide bonds. The molecule has 2 aliphatic heterocycles. The number of hydrogen-bond acceptors (Lipinski definition) is 12. The van der Waals surface area contributed by atoms with Gasteiger partial charge in [-0.2, -0.15) is 0 Å². The van der Waals surface area contributed by atoms with Gasteiger partial charge in [-0.25, -0.2) is 0 Å². The van der Waals surface area contributed by atoms with Gasteiger partial charge < -0.3 is 48.5 Å². The first-order chi connectivity index (χ1) is 24.9. The molecule has 6 rings (SSSR count). The number of rotatable bonds is 15. The Morgan fingerprint density at radius 1 is 0.627 bits per heavy atom. The Bertz CT molecular complexity index is 1860. The van der Waals surface area contributed by atoms with E-state index in [-0.39, 0.29) is 5.91 Å².